The number of nitrogens with one attached hydrogen (secondary N) is 1. The Morgan fingerprint density at radius 2 is 1.07 bits per heavy atom. The summed E-state index contributed by atoms with van der Waals surface area (Å²) in [4.78, 5) is 0. The fourth-order valence-electron chi connectivity index (χ4n) is 3.93. The van der Waals surface area contributed by atoms with Gasteiger partial charge in [-0.05, 0) is 0 Å². The van der Waals surface area contributed by atoms with E-state index in [0.717, 1.165) is 0 Å². The molecule has 0 amide bonds. The summed E-state index contributed by atoms with van der Waals surface area (Å²) >= 11 is 0. The predicted molar refractivity (Wildman–Crippen MR) is 118 cm³/mol. The third-order valence-corrected chi connectivity index (χ3v) is 5.10. The largest absolute Gasteiger partial charge is 0.338 e. The van der Waals surface area contributed by atoms with Crippen LogP contribution in [0.1, 0.15) is 19.8 Å². The van der Waals surface area contributed by atoms with Crippen LogP contribution in [0.4, 0.5) is 0 Å². The molecule has 0 heterocycles. The molecule has 0 unspecified atom stereocenters. The molecule has 0 aliphatic rings. The lowest BCUT2D eigenvalue weighted by Crippen LogP contribution is -2.66. The van der Waals surface area contributed by atoms with Crippen LogP contribution in [0.25, 0.3) is 0 Å². The number of unbranched alkanes of at least 4 members (excludes halogenated alkanes) is 1. The molecule has 0 aromatic heterocycles. The van der Waals surface area contributed by atoms with E-state index >= 15 is 0 Å². The molecule has 6 N–H and O–H groups in total. The maximum atomic E-state index is 6.17. The van der Waals surface area contributed by atoms with Crippen molar-refractivity contribution in [3.63, 3.8) is 0 Å². The van der Waals surface area contributed by atoms with Gasteiger partial charge < -0.3 is 5.73 Å². The minimum atomic E-state index is -0.913. The van der Waals surface area contributed by atoms with Crippen LogP contribution in [0.5, 0.6) is 0 Å². The van der Waals surface area contributed by atoms with Crippen LogP contribution >= 0.6 is 0 Å². The van der Waals surface area contributed by atoms with Crippen molar-refractivity contribution in [2.45, 2.75) is 26.1 Å². The fourth-order valence-corrected chi connectivity index (χ4v) is 3.93. The summed E-state index contributed by atoms with van der Waals surface area (Å²) in [6, 6.07) is 33.2. The topological polar surface area (TPSA) is 77.5 Å². The minimum absolute atomic E-state index is 0.0833. The predicted octanol–water partition coefficient (Wildman–Crippen LogP) is 2.08. The van der Waals surface area contributed by atoms with Crippen LogP contribution < -0.4 is 27.9 Å². The van der Waals surface area contributed by atoms with Gasteiger partial charge in [0, 0.05) is 0 Å². The normalized spacial score (nSPS) is 10.6. The van der Waals surface area contributed by atoms with E-state index in [4.69, 9.17) is 5.41 Å². The second-order valence-electron chi connectivity index (χ2n) is 6.94. The summed E-state index contributed by atoms with van der Waals surface area (Å²) in [5.41, 5.74) is 11.9. The summed E-state index contributed by atoms with van der Waals surface area (Å²) in [7, 11) is 0. The van der Waals surface area contributed by atoms with E-state index in [2.05, 4.69) is 109 Å². The molecule has 3 aromatic carbocycles. The molecule has 3 aromatic rings. The average Bonchev–Trinajstić information content (AvgIpc) is 2.71. The Balaban J connectivity index is 0.000000596. The zero-order valence-corrected chi connectivity index (χ0v) is 16.1. The van der Waals surface area contributed by atoms with Gasteiger partial charge in [0.25, 0.3) is 5.96 Å². The Morgan fingerprint density at radius 3 is 1.33 bits per heavy atom. The Labute approximate surface area is 162 Å². The van der Waals surface area contributed by atoms with Crippen molar-refractivity contribution in [3.05, 3.63) is 91.0 Å². The standard InChI is InChI=1S/C22H24B.CH5N3/c1-2-3-19-23(20-13-7-4-8-14-20,21-15-9-5-10-16-21)22-17-11-6-12-18-22;2-1(3)4/h4-18H,2-3,19H2,1H3;(H5,2,3,4)/q-1;/p+1. The maximum absolute atomic E-state index is 6.17. The number of quaternary nitrogens is 1. The molecule has 0 radical (unpaired) electrons. The van der Waals surface area contributed by atoms with Gasteiger partial charge in [-0.3, -0.25) is 5.73 Å². The van der Waals surface area contributed by atoms with Gasteiger partial charge in [0.15, 0.2) is 0 Å². The third kappa shape index (κ3) is 5.32. The molecule has 0 fully saturated rings. The molecule has 0 aliphatic carbocycles. The minimum Gasteiger partial charge on any atom is -0.338 e. The van der Waals surface area contributed by atoms with Gasteiger partial charge in [0.1, 0.15) is 0 Å². The summed E-state index contributed by atoms with van der Waals surface area (Å²) in [5.74, 6) is -0.0833. The van der Waals surface area contributed by atoms with Crippen LogP contribution in [0.2, 0.25) is 6.32 Å². The highest BCUT2D eigenvalue weighted by Gasteiger charge is 2.28. The van der Waals surface area contributed by atoms with Crippen molar-refractivity contribution >= 4 is 28.5 Å². The van der Waals surface area contributed by atoms with E-state index < -0.39 is 6.15 Å². The molecule has 0 bridgehead atoms. The zero-order valence-electron chi connectivity index (χ0n) is 16.1. The van der Waals surface area contributed by atoms with Crippen LogP contribution in [0, 0.1) is 5.41 Å². The van der Waals surface area contributed by atoms with Crippen molar-refractivity contribution in [2.24, 2.45) is 5.73 Å². The lowest BCUT2D eigenvalue weighted by molar-refractivity contribution is -0.219. The van der Waals surface area contributed by atoms with Crippen LogP contribution in [0.15, 0.2) is 91.0 Å². The number of rotatable bonds is 6. The molecule has 27 heavy (non-hydrogen) atoms. The van der Waals surface area contributed by atoms with Crippen LogP contribution in [0.3, 0.4) is 0 Å². The van der Waals surface area contributed by atoms with E-state index in [0.29, 0.717) is 0 Å². The van der Waals surface area contributed by atoms with Crippen molar-refractivity contribution in [2.75, 3.05) is 0 Å². The van der Waals surface area contributed by atoms with Gasteiger partial charge in [0.2, 0.25) is 0 Å². The average molecular weight is 359 g/mol. The van der Waals surface area contributed by atoms with E-state index in [1.54, 1.807) is 0 Å². The Hall–Kier alpha value is -2.85. The molecule has 3 nitrogen and oxygen atoms in total. The lowest BCUT2D eigenvalue weighted by atomic mass is 9.14. The van der Waals surface area contributed by atoms with E-state index in [-0.39, 0.29) is 5.96 Å². The van der Waals surface area contributed by atoms with Gasteiger partial charge >= 0.3 is 0 Å². The number of hydrogen-bond donors (Lipinski definition) is 3. The van der Waals surface area contributed by atoms with Crippen LogP contribution in [-0.2, 0) is 0 Å². The van der Waals surface area contributed by atoms with Gasteiger partial charge in [0.05, 0.1) is 6.15 Å². The Bertz CT molecular complexity index is 704. The van der Waals surface area contributed by atoms with Crippen molar-refractivity contribution in [1.29, 1.82) is 5.41 Å². The summed E-state index contributed by atoms with van der Waals surface area (Å²) in [5, 5.41) is 6.17. The quantitative estimate of drug-likeness (QED) is 0.352. The maximum Gasteiger partial charge on any atom is 0.287 e. The molecule has 0 saturated carbocycles. The lowest BCUT2D eigenvalue weighted by Gasteiger charge is -2.43. The zero-order chi connectivity index (χ0) is 19.5. The van der Waals surface area contributed by atoms with Crippen LogP contribution in [-0.4, -0.2) is 12.1 Å². The fraction of sp³-hybridized carbons (Fsp3) is 0.174. The molecular formula is C23H30BN3. The van der Waals surface area contributed by atoms with Crippen molar-refractivity contribution < 1.29 is 5.73 Å². The molecule has 140 valence electrons. The molecular weight excluding hydrogens is 329 g/mol. The monoisotopic (exact) mass is 359 g/mol. The van der Waals surface area contributed by atoms with E-state index in [9.17, 15) is 0 Å². The number of nitrogens with two attached hydrogens (primary N) is 1. The molecule has 0 atom stereocenters. The highest BCUT2D eigenvalue weighted by atomic mass is 14.9. The van der Waals surface area contributed by atoms with Gasteiger partial charge in [-0.15, -0.1) is 0 Å². The number of benzene rings is 3. The summed E-state index contributed by atoms with van der Waals surface area (Å²) in [6.07, 6.45) is 2.73. The smallest absolute Gasteiger partial charge is 0.287 e. The van der Waals surface area contributed by atoms with Crippen molar-refractivity contribution in [3.8, 4) is 0 Å². The third-order valence-electron chi connectivity index (χ3n) is 5.10. The number of guanidine groups is 1. The highest BCUT2D eigenvalue weighted by Crippen LogP contribution is 2.16. The first kappa shape index (κ1) is 20.5. The number of hydrogen-bond acceptors (Lipinski definition) is 1. The summed E-state index contributed by atoms with van der Waals surface area (Å²) in [6.45, 7) is 2.28. The highest BCUT2D eigenvalue weighted by molar-refractivity contribution is 7.11. The second-order valence-corrected chi connectivity index (χ2v) is 6.94. The summed E-state index contributed by atoms with van der Waals surface area (Å²) < 4.78 is 0. The van der Waals surface area contributed by atoms with Crippen molar-refractivity contribution in [1.82, 2.24) is 0 Å². The Kier molecular flexibility index (Phi) is 7.84. The van der Waals surface area contributed by atoms with Gasteiger partial charge in [-0.1, -0.05) is 111 Å². The first-order chi connectivity index (χ1) is 13.1. The van der Waals surface area contributed by atoms with Gasteiger partial charge in [-0.25, -0.2) is 5.41 Å². The molecule has 4 heteroatoms. The second kappa shape index (κ2) is 10.3. The van der Waals surface area contributed by atoms with E-state index in [1.165, 1.54) is 35.6 Å². The first-order valence-electron chi connectivity index (χ1n) is 9.61. The SMILES string of the molecule is CCCC[B-](c1ccccc1)(c1ccccc1)c1ccccc1.N=C(N)[NH3+]. The molecule has 0 saturated heterocycles. The van der Waals surface area contributed by atoms with E-state index in [1.807, 2.05) is 0 Å². The van der Waals surface area contributed by atoms with Gasteiger partial charge in [-0.2, -0.15) is 22.7 Å². The Morgan fingerprint density at radius 1 is 0.778 bits per heavy atom. The molecule has 3 rings (SSSR count). The first-order valence-corrected chi connectivity index (χ1v) is 9.61. The molecule has 0 spiro atoms. The molecule has 0 aliphatic heterocycles.